The second-order valence-electron chi connectivity index (χ2n) is 6.15. The van der Waals surface area contributed by atoms with Gasteiger partial charge in [0, 0.05) is 11.1 Å². The smallest absolute Gasteiger partial charge is 0.391 e. The molecule has 0 spiro atoms. The zero-order valence-electron chi connectivity index (χ0n) is 12.4. The Hall–Kier alpha value is -1.23. The van der Waals surface area contributed by atoms with Crippen LogP contribution in [0.5, 0.6) is 5.75 Å². The highest BCUT2D eigenvalue weighted by Gasteiger charge is 2.47. The quantitative estimate of drug-likeness (QED) is 0.899. The maximum atomic E-state index is 13.0. The largest absolute Gasteiger partial charge is 0.491 e. The molecule has 2 rings (SSSR count). The van der Waals surface area contributed by atoms with Crippen molar-refractivity contribution in [3.8, 4) is 5.75 Å². The highest BCUT2D eigenvalue weighted by Crippen LogP contribution is 2.46. The summed E-state index contributed by atoms with van der Waals surface area (Å²) < 4.78 is 44.8. The van der Waals surface area contributed by atoms with E-state index in [0.717, 1.165) is 0 Å². The fourth-order valence-electron chi connectivity index (χ4n) is 3.07. The van der Waals surface area contributed by atoms with Crippen LogP contribution >= 0.6 is 0 Å². The number of rotatable bonds is 3. The van der Waals surface area contributed by atoms with Crippen LogP contribution in [-0.2, 0) is 5.54 Å². The third-order valence-electron chi connectivity index (χ3n) is 4.04. The summed E-state index contributed by atoms with van der Waals surface area (Å²) in [6.07, 6.45) is -3.10. The number of alkyl halides is 3. The number of para-hydroxylation sites is 1. The third-order valence-corrected chi connectivity index (χ3v) is 4.04. The summed E-state index contributed by atoms with van der Waals surface area (Å²) in [4.78, 5) is 0. The van der Waals surface area contributed by atoms with Gasteiger partial charge in [-0.1, -0.05) is 24.6 Å². The lowest BCUT2D eigenvalue weighted by Crippen LogP contribution is -2.45. The second-order valence-corrected chi connectivity index (χ2v) is 6.15. The average Bonchev–Trinajstić information content (AvgIpc) is 2.37. The van der Waals surface area contributed by atoms with Gasteiger partial charge in [-0.25, -0.2) is 0 Å². The van der Waals surface area contributed by atoms with E-state index in [-0.39, 0.29) is 18.9 Å². The molecule has 0 amide bonds. The van der Waals surface area contributed by atoms with Gasteiger partial charge in [0.2, 0.25) is 0 Å². The first-order valence-electron chi connectivity index (χ1n) is 7.34. The van der Waals surface area contributed by atoms with Crippen LogP contribution in [0.25, 0.3) is 0 Å². The Morgan fingerprint density at radius 2 is 1.95 bits per heavy atom. The van der Waals surface area contributed by atoms with Gasteiger partial charge in [-0.05, 0) is 39.2 Å². The number of hydrogen-bond donors (Lipinski definition) is 1. The maximum Gasteiger partial charge on any atom is 0.391 e. The van der Waals surface area contributed by atoms with Gasteiger partial charge in [-0.3, -0.25) is 0 Å². The molecule has 0 aliphatic heterocycles. The van der Waals surface area contributed by atoms with E-state index in [9.17, 15) is 13.2 Å². The molecular weight excluding hydrogens is 279 g/mol. The number of benzene rings is 1. The van der Waals surface area contributed by atoms with Gasteiger partial charge >= 0.3 is 6.18 Å². The number of hydrogen-bond acceptors (Lipinski definition) is 2. The van der Waals surface area contributed by atoms with Crippen LogP contribution in [0.1, 0.15) is 45.1 Å². The lowest BCUT2D eigenvalue weighted by Gasteiger charge is -2.39. The average molecular weight is 301 g/mol. The Labute approximate surface area is 123 Å². The van der Waals surface area contributed by atoms with Crippen molar-refractivity contribution in [1.82, 2.24) is 0 Å². The number of nitrogens with two attached hydrogens (primary N) is 1. The van der Waals surface area contributed by atoms with Crippen molar-refractivity contribution in [2.45, 2.75) is 57.3 Å². The van der Waals surface area contributed by atoms with E-state index in [4.69, 9.17) is 10.5 Å². The van der Waals surface area contributed by atoms with Crippen molar-refractivity contribution in [3.63, 3.8) is 0 Å². The predicted molar refractivity (Wildman–Crippen MR) is 76.1 cm³/mol. The minimum Gasteiger partial charge on any atom is -0.491 e. The summed E-state index contributed by atoms with van der Waals surface area (Å²) in [5.74, 6) is -0.735. The SMILES string of the molecule is CC(C)Oc1ccccc1C1(N)CCCC(C(F)(F)F)C1. The minimum atomic E-state index is -4.18. The van der Waals surface area contributed by atoms with E-state index in [1.165, 1.54) is 0 Å². The van der Waals surface area contributed by atoms with E-state index in [1.807, 2.05) is 19.9 Å². The predicted octanol–water partition coefficient (Wildman–Crippen LogP) is 4.38. The molecule has 2 nitrogen and oxygen atoms in total. The standard InChI is InChI=1S/C16H22F3NO/c1-11(2)21-14-8-4-3-7-13(14)15(20)9-5-6-12(10-15)16(17,18)19/h3-4,7-8,11-12H,5-6,9-10,20H2,1-2H3. The number of halogens is 3. The monoisotopic (exact) mass is 301 g/mol. The van der Waals surface area contributed by atoms with E-state index in [2.05, 4.69) is 0 Å². The van der Waals surface area contributed by atoms with Crippen LogP contribution in [0, 0.1) is 5.92 Å². The molecule has 21 heavy (non-hydrogen) atoms. The van der Waals surface area contributed by atoms with Crippen molar-refractivity contribution in [3.05, 3.63) is 29.8 Å². The van der Waals surface area contributed by atoms with Crippen LogP contribution in [0.2, 0.25) is 0 Å². The lowest BCUT2D eigenvalue weighted by molar-refractivity contribution is -0.187. The van der Waals surface area contributed by atoms with Gasteiger partial charge in [-0.15, -0.1) is 0 Å². The molecule has 1 aliphatic carbocycles. The first kappa shape index (κ1) is 16.1. The maximum absolute atomic E-state index is 13.0. The lowest BCUT2D eigenvalue weighted by atomic mass is 9.72. The fourth-order valence-corrected chi connectivity index (χ4v) is 3.07. The summed E-state index contributed by atoms with van der Waals surface area (Å²) in [5, 5.41) is 0. The molecule has 1 saturated carbocycles. The molecule has 118 valence electrons. The molecule has 1 aromatic carbocycles. The molecular formula is C16H22F3NO. The molecule has 0 heterocycles. The summed E-state index contributed by atoms with van der Waals surface area (Å²) >= 11 is 0. The zero-order valence-corrected chi connectivity index (χ0v) is 12.4. The Balaban J connectivity index is 2.31. The molecule has 1 aromatic rings. The van der Waals surface area contributed by atoms with Crippen molar-refractivity contribution in [1.29, 1.82) is 0 Å². The van der Waals surface area contributed by atoms with Gasteiger partial charge in [0.15, 0.2) is 0 Å². The van der Waals surface area contributed by atoms with Crippen molar-refractivity contribution >= 4 is 0 Å². The summed E-state index contributed by atoms with van der Waals surface area (Å²) in [6.45, 7) is 3.78. The van der Waals surface area contributed by atoms with Crippen LogP contribution in [0.3, 0.4) is 0 Å². The van der Waals surface area contributed by atoms with Gasteiger partial charge in [0.25, 0.3) is 0 Å². The van der Waals surface area contributed by atoms with Gasteiger partial charge in [0.05, 0.1) is 12.0 Å². The molecule has 2 N–H and O–H groups in total. The zero-order chi connectivity index (χ0) is 15.7. The molecule has 2 unspecified atom stereocenters. The highest BCUT2D eigenvalue weighted by molar-refractivity contribution is 5.39. The normalized spacial score (nSPS) is 26.9. The van der Waals surface area contributed by atoms with E-state index in [1.54, 1.807) is 18.2 Å². The van der Waals surface area contributed by atoms with E-state index in [0.29, 0.717) is 24.2 Å². The van der Waals surface area contributed by atoms with Gasteiger partial charge in [-0.2, -0.15) is 13.2 Å². The first-order chi connectivity index (χ1) is 9.72. The van der Waals surface area contributed by atoms with Gasteiger partial charge in [0.1, 0.15) is 5.75 Å². The van der Waals surface area contributed by atoms with Crippen LogP contribution in [0.4, 0.5) is 13.2 Å². The molecule has 0 saturated heterocycles. The Morgan fingerprint density at radius 3 is 2.57 bits per heavy atom. The molecule has 1 fully saturated rings. The summed E-state index contributed by atoms with van der Waals surface area (Å²) in [5.41, 5.74) is 6.08. The van der Waals surface area contributed by atoms with Crippen LogP contribution in [0.15, 0.2) is 24.3 Å². The number of ether oxygens (including phenoxy) is 1. The second kappa shape index (κ2) is 5.87. The highest BCUT2D eigenvalue weighted by atomic mass is 19.4. The van der Waals surface area contributed by atoms with Crippen LogP contribution < -0.4 is 10.5 Å². The summed E-state index contributed by atoms with van der Waals surface area (Å²) in [7, 11) is 0. The topological polar surface area (TPSA) is 35.2 Å². The molecule has 5 heteroatoms. The van der Waals surface area contributed by atoms with Crippen molar-refractivity contribution in [2.24, 2.45) is 11.7 Å². The Morgan fingerprint density at radius 1 is 1.29 bits per heavy atom. The minimum absolute atomic E-state index is 0.0447. The Kier molecular flexibility index (Phi) is 4.51. The van der Waals surface area contributed by atoms with Crippen LogP contribution in [-0.4, -0.2) is 12.3 Å². The summed E-state index contributed by atoms with van der Waals surface area (Å²) in [6, 6.07) is 7.18. The van der Waals surface area contributed by atoms with Crippen molar-refractivity contribution in [2.75, 3.05) is 0 Å². The Bertz CT molecular complexity index is 487. The van der Waals surface area contributed by atoms with E-state index >= 15 is 0 Å². The van der Waals surface area contributed by atoms with Crippen molar-refractivity contribution < 1.29 is 17.9 Å². The van der Waals surface area contributed by atoms with E-state index < -0.39 is 17.6 Å². The fraction of sp³-hybridized carbons (Fsp3) is 0.625. The third kappa shape index (κ3) is 3.70. The first-order valence-corrected chi connectivity index (χ1v) is 7.34. The molecule has 0 bridgehead atoms. The molecule has 2 atom stereocenters. The molecule has 0 radical (unpaired) electrons. The molecule has 1 aliphatic rings. The van der Waals surface area contributed by atoms with Gasteiger partial charge < -0.3 is 10.5 Å². The molecule has 0 aromatic heterocycles.